The predicted octanol–water partition coefficient (Wildman–Crippen LogP) is 13.8. The van der Waals surface area contributed by atoms with Crippen LogP contribution in [0.4, 0.5) is 0 Å². The van der Waals surface area contributed by atoms with Gasteiger partial charge in [-0.2, -0.15) is 0 Å². The third-order valence-corrected chi connectivity index (χ3v) is 10.6. The Kier molecular flexibility index (Phi) is 9.18. The van der Waals surface area contributed by atoms with Crippen molar-refractivity contribution in [3.63, 3.8) is 0 Å². The summed E-state index contributed by atoms with van der Waals surface area (Å²) in [5.74, 6) is 1.94. The number of aromatic nitrogens is 4. The molecule has 0 saturated heterocycles. The Balaban J connectivity index is 1.01. The van der Waals surface area contributed by atoms with Gasteiger partial charge in [0.05, 0.1) is 11.4 Å². The van der Waals surface area contributed by atoms with Gasteiger partial charge in [0.25, 0.3) is 0 Å². The lowest BCUT2D eigenvalue weighted by molar-refractivity contribution is 1.07. The number of pyridine rings is 1. The summed E-state index contributed by atoms with van der Waals surface area (Å²) in [4.78, 5) is 19.8. The molecule has 0 aliphatic heterocycles. The number of nitrogens with zero attached hydrogens (tertiary/aromatic N) is 4. The molecule has 0 spiro atoms. The van der Waals surface area contributed by atoms with Crippen LogP contribution in [-0.2, 0) is 0 Å². The fourth-order valence-electron chi connectivity index (χ4n) is 7.61. The summed E-state index contributed by atoms with van der Waals surface area (Å²) >= 11 is 0. The summed E-state index contributed by atoms with van der Waals surface area (Å²) in [6.45, 7) is 0. The largest absolute Gasteiger partial charge is 0.248 e. The van der Waals surface area contributed by atoms with Gasteiger partial charge in [-0.1, -0.05) is 206 Å². The molecule has 10 aromatic rings. The fourth-order valence-corrected chi connectivity index (χ4v) is 7.61. The Morgan fingerprint density at radius 3 is 0.983 bits per heavy atom. The molecule has 0 radical (unpaired) electrons. The van der Waals surface area contributed by atoms with Crippen LogP contribution in [0.25, 0.3) is 101 Å². The molecule has 10 rings (SSSR count). The highest BCUT2D eigenvalue weighted by Gasteiger charge is 2.15. The number of rotatable bonds is 8. The Morgan fingerprint density at radius 2 is 0.569 bits per heavy atom. The minimum atomic E-state index is 0.638. The van der Waals surface area contributed by atoms with E-state index in [0.717, 1.165) is 61.5 Å². The van der Waals surface area contributed by atoms with Gasteiger partial charge in [0.1, 0.15) is 0 Å². The first-order chi connectivity index (χ1) is 28.7. The Bertz CT molecular complexity index is 2680. The fraction of sp³-hybridized carbons (Fsp3) is 0. The zero-order chi connectivity index (χ0) is 38.7. The molecule has 0 bridgehead atoms. The first-order valence-corrected chi connectivity index (χ1v) is 19.5. The standard InChI is InChI=1S/C54H36N4/c1-5-15-40(16-6-1)49-35-46(36-50(55-49)41-17-7-2-8-18-41)37-27-29-38(30-28-37)47-25-13-23-42-24-14-26-48(51(42)47)39-31-33-45(34-32-39)54-57-52(43-19-9-3-10-20-43)56-53(58-54)44-21-11-4-12-22-44/h1-36H. The van der Waals surface area contributed by atoms with Crippen molar-refractivity contribution in [2.45, 2.75) is 0 Å². The summed E-state index contributed by atoms with van der Waals surface area (Å²) in [5.41, 5.74) is 13.8. The van der Waals surface area contributed by atoms with Crippen molar-refractivity contribution in [1.29, 1.82) is 0 Å². The summed E-state index contributed by atoms with van der Waals surface area (Å²) < 4.78 is 0. The molecule has 0 aliphatic carbocycles. The molecule has 4 nitrogen and oxygen atoms in total. The lowest BCUT2D eigenvalue weighted by Crippen LogP contribution is -2.00. The van der Waals surface area contributed by atoms with Crippen LogP contribution >= 0.6 is 0 Å². The van der Waals surface area contributed by atoms with Gasteiger partial charge in [-0.3, -0.25) is 0 Å². The van der Waals surface area contributed by atoms with Crippen LogP contribution in [-0.4, -0.2) is 19.9 Å². The van der Waals surface area contributed by atoms with E-state index in [1.807, 2.05) is 72.8 Å². The van der Waals surface area contributed by atoms with E-state index in [9.17, 15) is 0 Å². The van der Waals surface area contributed by atoms with Gasteiger partial charge < -0.3 is 0 Å². The van der Waals surface area contributed by atoms with E-state index in [1.165, 1.54) is 21.9 Å². The second kappa shape index (κ2) is 15.4. The van der Waals surface area contributed by atoms with Gasteiger partial charge in [-0.25, -0.2) is 19.9 Å². The van der Waals surface area contributed by atoms with Crippen molar-refractivity contribution in [2.24, 2.45) is 0 Å². The van der Waals surface area contributed by atoms with Crippen LogP contribution in [0.15, 0.2) is 218 Å². The highest BCUT2D eigenvalue weighted by Crippen LogP contribution is 2.38. The van der Waals surface area contributed by atoms with Crippen LogP contribution in [0.2, 0.25) is 0 Å². The van der Waals surface area contributed by atoms with Gasteiger partial charge in [0.15, 0.2) is 17.5 Å². The molecule has 58 heavy (non-hydrogen) atoms. The molecule has 4 heteroatoms. The Hall–Kier alpha value is -7.82. The van der Waals surface area contributed by atoms with Crippen molar-refractivity contribution < 1.29 is 0 Å². The van der Waals surface area contributed by atoms with E-state index in [-0.39, 0.29) is 0 Å². The van der Waals surface area contributed by atoms with Crippen molar-refractivity contribution in [3.8, 4) is 90.1 Å². The van der Waals surface area contributed by atoms with Crippen LogP contribution in [0.1, 0.15) is 0 Å². The van der Waals surface area contributed by atoms with Crippen LogP contribution < -0.4 is 0 Å². The molecule has 0 unspecified atom stereocenters. The molecule has 2 heterocycles. The molecular weight excluding hydrogens is 705 g/mol. The quantitative estimate of drug-likeness (QED) is 0.156. The smallest absolute Gasteiger partial charge is 0.164 e. The second-order valence-electron chi connectivity index (χ2n) is 14.3. The molecule has 0 fully saturated rings. The minimum Gasteiger partial charge on any atom is -0.248 e. The van der Waals surface area contributed by atoms with E-state index in [4.69, 9.17) is 19.9 Å². The van der Waals surface area contributed by atoms with Crippen molar-refractivity contribution in [3.05, 3.63) is 218 Å². The third kappa shape index (κ3) is 6.95. The van der Waals surface area contributed by atoms with Gasteiger partial charge in [0, 0.05) is 27.8 Å². The highest BCUT2D eigenvalue weighted by molar-refractivity contribution is 6.06. The molecule has 272 valence electrons. The van der Waals surface area contributed by atoms with Gasteiger partial charge >= 0.3 is 0 Å². The zero-order valence-corrected chi connectivity index (χ0v) is 31.6. The predicted molar refractivity (Wildman–Crippen MR) is 239 cm³/mol. The van der Waals surface area contributed by atoms with E-state index >= 15 is 0 Å². The van der Waals surface area contributed by atoms with Gasteiger partial charge in [0.2, 0.25) is 0 Å². The topological polar surface area (TPSA) is 51.6 Å². The maximum atomic E-state index is 5.08. The number of benzene rings is 8. The average Bonchev–Trinajstić information content (AvgIpc) is 3.32. The summed E-state index contributed by atoms with van der Waals surface area (Å²) in [6.07, 6.45) is 0. The summed E-state index contributed by atoms with van der Waals surface area (Å²) in [5, 5.41) is 2.40. The first kappa shape index (κ1) is 34.7. The number of fused-ring (bicyclic) bond motifs is 1. The number of hydrogen-bond acceptors (Lipinski definition) is 4. The van der Waals surface area contributed by atoms with Crippen LogP contribution in [0, 0.1) is 0 Å². The molecule has 2 aromatic heterocycles. The molecule has 0 amide bonds. The van der Waals surface area contributed by atoms with Gasteiger partial charge in [-0.15, -0.1) is 0 Å². The highest BCUT2D eigenvalue weighted by atomic mass is 15.0. The van der Waals surface area contributed by atoms with Crippen molar-refractivity contribution >= 4 is 10.8 Å². The van der Waals surface area contributed by atoms with E-state index < -0.39 is 0 Å². The summed E-state index contributed by atoms with van der Waals surface area (Å²) in [6, 6.07) is 76.0. The normalized spacial score (nSPS) is 11.1. The Labute approximate surface area is 337 Å². The molecule has 8 aromatic carbocycles. The van der Waals surface area contributed by atoms with Crippen LogP contribution in [0.3, 0.4) is 0 Å². The van der Waals surface area contributed by atoms with Crippen molar-refractivity contribution in [2.75, 3.05) is 0 Å². The second-order valence-corrected chi connectivity index (χ2v) is 14.3. The zero-order valence-electron chi connectivity index (χ0n) is 31.6. The SMILES string of the molecule is c1ccc(-c2cc(-c3ccc(-c4cccc5cccc(-c6ccc(-c7nc(-c8ccccc8)nc(-c8ccccc8)n7)cc6)c45)cc3)cc(-c3ccccc3)n2)cc1. The van der Waals surface area contributed by atoms with Crippen LogP contribution in [0.5, 0.6) is 0 Å². The molecule has 0 aliphatic rings. The van der Waals surface area contributed by atoms with E-state index in [0.29, 0.717) is 17.5 Å². The lowest BCUT2D eigenvalue weighted by atomic mass is 9.90. The summed E-state index contributed by atoms with van der Waals surface area (Å²) in [7, 11) is 0. The lowest BCUT2D eigenvalue weighted by Gasteiger charge is -2.14. The third-order valence-electron chi connectivity index (χ3n) is 10.6. The Morgan fingerprint density at radius 1 is 0.224 bits per heavy atom. The minimum absolute atomic E-state index is 0.638. The maximum absolute atomic E-state index is 5.08. The van der Waals surface area contributed by atoms with E-state index in [2.05, 4.69) is 146 Å². The molecular formula is C54H36N4. The first-order valence-electron chi connectivity index (χ1n) is 19.5. The molecule has 0 N–H and O–H groups in total. The average molecular weight is 741 g/mol. The van der Waals surface area contributed by atoms with E-state index in [1.54, 1.807) is 0 Å². The number of hydrogen-bond donors (Lipinski definition) is 0. The van der Waals surface area contributed by atoms with Gasteiger partial charge in [-0.05, 0) is 56.3 Å². The van der Waals surface area contributed by atoms with Crippen molar-refractivity contribution in [1.82, 2.24) is 19.9 Å². The molecule has 0 atom stereocenters. The maximum Gasteiger partial charge on any atom is 0.164 e. The molecule has 0 saturated carbocycles. The monoisotopic (exact) mass is 740 g/mol.